The van der Waals surface area contributed by atoms with Crippen molar-refractivity contribution in [3.8, 4) is 11.5 Å². The van der Waals surface area contributed by atoms with E-state index in [1.54, 1.807) is 35.3 Å². The predicted molar refractivity (Wildman–Crippen MR) is 126 cm³/mol. The SMILES string of the molecule is CCC1CC(C=O)N(Cc2ccc(NC(=O)C(C)=O)cc2)N=C1c1ccc(OC)c(OC(F)(F)F)c1. The molecule has 3 rings (SSSR count). The van der Waals surface area contributed by atoms with Gasteiger partial charge in [0.2, 0.25) is 5.78 Å². The molecule has 2 unspecified atom stereocenters. The average Bonchev–Trinajstić information content (AvgIpc) is 2.83. The van der Waals surface area contributed by atoms with Gasteiger partial charge in [-0.25, -0.2) is 0 Å². The van der Waals surface area contributed by atoms with Crippen molar-refractivity contribution in [3.05, 3.63) is 53.6 Å². The molecule has 0 spiro atoms. The Morgan fingerprint density at radius 2 is 1.86 bits per heavy atom. The Morgan fingerprint density at radius 3 is 2.42 bits per heavy atom. The maximum atomic E-state index is 12.9. The molecule has 1 N–H and O–H groups in total. The summed E-state index contributed by atoms with van der Waals surface area (Å²) < 4.78 is 47.9. The van der Waals surface area contributed by atoms with Gasteiger partial charge in [-0.15, -0.1) is 13.2 Å². The number of hydrazone groups is 1. The Balaban J connectivity index is 1.91. The van der Waals surface area contributed by atoms with Crippen LogP contribution in [-0.4, -0.2) is 48.2 Å². The normalized spacial score (nSPS) is 17.7. The first-order valence-corrected chi connectivity index (χ1v) is 11.2. The van der Waals surface area contributed by atoms with Crippen LogP contribution in [0.4, 0.5) is 18.9 Å². The fraction of sp³-hybridized carbons (Fsp3) is 0.360. The number of nitrogens with zero attached hydrogens (tertiary/aromatic N) is 2. The third-order valence-corrected chi connectivity index (χ3v) is 5.74. The van der Waals surface area contributed by atoms with Crippen molar-refractivity contribution in [2.45, 2.75) is 45.6 Å². The highest BCUT2D eigenvalue weighted by atomic mass is 19.4. The summed E-state index contributed by atoms with van der Waals surface area (Å²) in [5.74, 6) is -2.05. The molecule has 0 bridgehead atoms. The van der Waals surface area contributed by atoms with Crippen molar-refractivity contribution in [3.63, 3.8) is 0 Å². The van der Waals surface area contributed by atoms with Crippen molar-refractivity contribution in [2.24, 2.45) is 11.0 Å². The monoisotopic (exact) mass is 505 g/mol. The highest BCUT2D eigenvalue weighted by molar-refractivity contribution is 6.39. The molecule has 0 fully saturated rings. The second kappa shape index (κ2) is 11.2. The minimum absolute atomic E-state index is 0.0693. The number of halogens is 3. The van der Waals surface area contributed by atoms with Gasteiger partial charge in [0.25, 0.3) is 5.91 Å². The van der Waals surface area contributed by atoms with Crippen molar-refractivity contribution in [1.82, 2.24) is 5.01 Å². The number of ether oxygens (including phenoxy) is 2. The molecule has 192 valence electrons. The number of anilines is 1. The molecule has 11 heteroatoms. The van der Waals surface area contributed by atoms with E-state index in [2.05, 4.69) is 15.2 Å². The van der Waals surface area contributed by atoms with Crippen LogP contribution in [-0.2, 0) is 20.9 Å². The fourth-order valence-electron chi connectivity index (χ4n) is 3.89. The Labute approximate surface area is 206 Å². The third kappa shape index (κ3) is 6.61. The summed E-state index contributed by atoms with van der Waals surface area (Å²) in [4.78, 5) is 34.5. The smallest absolute Gasteiger partial charge is 0.493 e. The van der Waals surface area contributed by atoms with Crippen molar-refractivity contribution in [2.75, 3.05) is 12.4 Å². The number of rotatable bonds is 9. The predicted octanol–water partition coefficient (Wildman–Crippen LogP) is 4.33. The van der Waals surface area contributed by atoms with Crippen LogP contribution >= 0.6 is 0 Å². The summed E-state index contributed by atoms with van der Waals surface area (Å²) in [6.07, 6.45) is -3.03. The number of Topliss-reactive ketones (excluding diaryl/α,β-unsaturated/α-hetero) is 1. The Morgan fingerprint density at radius 1 is 1.17 bits per heavy atom. The first kappa shape index (κ1) is 26.7. The lowest BCUT2D eigenvalue weighted by Gasteiger charge is -2.35. The number of aldehydes is 1. The molecule has 0 saturated heterocycles. The second-order valence-corrected chi connectivity index (χ2v) is 8.25. The summed E-state index contributed by atoms with van der Waals surface area (Å²) in [5.41, 5.74) is 2.18. The van der Waals surface area contributed by atoms with Crippen molar-refractivity contribution in [1.29, 1.82) is 0 Å². The van der Waals surface area contributed by atoms with Crippen LogP contribution in [0.2, 0.25) is 0 Å². The number of nitrogens with one attached hydrogen (secondary N) is 1. The van der Waals surface area contributed by atoms with Gasteiger partial charge in [-0.1, -0.05) is 19.1 Å². The first-order chi connectivity index (χ1) is 17.0. The van der Waals surface area contributed by atoms with E-state index in [1.165, 1.54) is 26.2 Å². The summed E-state index contributed by atoms with van der Waals surface area (Å²) in [6.45, 7) is 3.33. The molecule has 1 aliphatic rings. The molecule has 0 saturated carbocycles. The molecule has 2 aromatic rings. The minimum Gasteiger partial charge on any atom is -0.493 e. The zero-order valence-electron chi connectivity index (χ0n) is 20.0. The molecule has 0 radical (unpaired) electrons. The maximum absolute atomic E-state index is 12.9. The molecule has 0 aromatic heterocycles. The number of ketones is 1. The third-order valence-electron chi connectivity index (χ3n) is 5.74. The molecular weight excluding hydrogens is 479 g/mol. The molecule has 2 atom stereocenters. The zero-order chi connectivity index (χ0) is 26.5. The summed E-state index contributed by atoms with van der Waals surface area (Å²) in [5, 5.41) is 8.73. The molecule has 0 aliphatic carbocycles. The van der Waals surface area contributed by atoms with Crippen LogP contribution in [0, 0.1) is 5.92 Å². The fourth-order valence-corrected chi connectivity index (χ4v) is 3.89. The quantitative estimate of drug-likeness (QED) is 0.403. The molecule has 2 aromatic carbocycles. The van der Waals surface area contributed by atoms with E-state index < -0.39 is 29.8 Å². The number of hydrogen-bond donors (Lipinski definition) is 1. The molecule has 1 aliphatic heterocycles. The number of alkyl halides is 3. The van der Waals surface area contributed by atoms with E-state index in [1.807, 2.05) is 6.92 Å². The standard InChI is InChI=1S/C25H26F3N3O5/c1-4-17-11-20(14-32)31(13-16-5-8-19(9-6-16)29-24(34)15(2)33)30-23(17)18-7-10-21(35-3)22(12-18)36-25(26,27)28/h5-10,12,14,17,20H,4,11,13H2,1-3H3,(H,29,34). The lowest BCUT2D eigenvalue weighted by Crippen LogP contribution is -2.41. The van der Waals surface area contributed by atoms with Gasteiger partial charge >= 0.3 is 6.36 Å². The van der Waals surface area contributed by atoms with Crippen LogP contribution in [0.15, 0.2) is 47.6 Å². The van der Waals surface area contributed by atoms with Crippen LogP contribution < -0.4 is 14.8 Å². The van der Waals surface area contributed by atoms with Gasteiger partial charge in [-0.3, -0.25) is 14.6 Å². The van der Waals surface area contributed by atoms with Gasteiger partial charge in [0.15, 0.2) is 11.5 Å². The minimum atomic E-state index is -4.89. The molecule has 36 heavy (non-hydrogen) atoms. The van der Waals surface area contributed by atoms with E-state index in [9.17, 15) is 27.6 Å². The lowest BCUT2D eigenvalue weighted by molar-refractivity contribution is -0.275. The number of benzene rings is 2. The van der Waals surface area contributed by atoms with Crippen molar-refractivity contribution >= 4 is 29.4 Å². The van der Waals surface area contributed by atoms with E-state index in [0.717, 1.165) is 11.8 Å². The van der Waals surface area contributed by atoms with E-state index in [0.29, 0.717) is 29.8 Å². The van der Waals surface area contributed by atoms with Gasteiger partial charge in [0.05, 0.1) is 19.4 Å². The van der Waals surface area contributed by atoms with Crippen molar-refractivity contribution < 1.29 is 37.0 Å². The Hall–Kier alpha value is -3.89. The van der Waals surface area contributed by atoms with Crippen LogP contribution in [0.1, 0.15) is 37.8 Å². The highest BCUT2D eigenvalue weighted by Gasteiger charge is 2.34. The van der Waals surface area contributed by atoms with Gasteiger partial charge in [-0.2, -0.15) is 5.10 Å². The number of carbonyl (C=O) groups is 3. The molecular formula is C25H26F3N3O5. The average molecular weight is 505 g/mol. The van der Waals surface area contributed by atoms with Gasteiger partial charge in [0, 0.05) is 24.1 Å². The summed E-state index contributed by atoms with van der Waals surface area (Å²) >= 11 is 0. The largest absolute Gasteiger partial charge is 0.573 e. The van der Waals surface area contributed by atoms with E-state index in [-0.39, 0.29) is 18.2 Å². The second-order valence-electron chi connectivity index (χ2n) is 8.25. The van der Waals surface area contributed by atoms with Crippen LogP contribution in [0.3, 0.4) is 0 Å². The number of carbonyl (C=O) groups excluding carboxylic acids is 3. The highest BCUT2D eigenvalue weighted by Crippen LogP contribution is 2.35. The van der Waals surface area contributed by atoms with E-state index >= 15 is 0 Å². The first-order valence-electron chi connectivity index (χ1n) is 11.2. The number of methoxy groups -OCH3 is 1. The number of amides is 1. The van der Waals surface area contributed by atoms with Crippen LogP contribution in [0.5, 0.6) is 11.5 Å². The van der Waals surface area contributed by atoms with Gasteiger partial charge < -0.3 is 19.6 Å². The Kier molecular flexibility index (Phi) is 8.33. The van der Waals surface area contributed by atoms with E-state index in [4.69, 9.17) is 4.74 Å². The summed E-state index contributed by atoms with van der Waals surface area (Å²) in [7, 11) is 1.25. The molecule has 8 nitrogen and oxygen atoms in total. The Bertz CT molecular complexity index is 1150. The molecule has 1 amide bonds. The summed E-state index contributed by atoms with van der Waals surface area (Å²) in [6, 6.07) is 10.4. The lowest BCUT2D eigenvalue weighted by atomic mass is 9.87. The topological polar surface area (TPSA) is 97.3 Å². The zero-order valence-corrected chi connectivity index (χ0v) is 20.0. The van der Waals surface area contributed by atoms with Gasteiger partial charge in [-0.05, 0) is 48.7 Å². The number of hydrogen-bond acceptors (Lipinski definition) is 7. The maximum Gasteiger partial charge on any atom is 0.573 e. The van der Waals surface area contributed by atoms with Crippen LogP contribution in [0.25, 0.3) is 0 Å². The van der Waals surface area contributed by atoms with Gasteiger partial charge in [0.1, 0.15) is 12.3 Å². The molecule has 1 heterocycles.